The topological polar surface area (TPSA) is 27.7 Å². The van der Waals surface area contributed by atoms with Gasteiger partial charge in [0, 0.05) is 19.6 Å². The van der Waals surface area contributed by atoms with Gasteiger partial charge in [-0.05, 0) is 24.2 Å². The lowest BCUT2D eigenvalue weighted by molar-refractivity contribution is -0.109. The zero-order valence-electron chi connectivity index (χ0n) is 12.8. The average Bonchev–Trinajstić information content (AvgIpc) is 2.13. The molecule has 0 spiro atoms. The lowest BCUT2D eigenvalue weighted by atomic mass is 9.66. The summed E-state index contributed by atoms with van der Waals surface area (Å²) in [6.07, 6.45) is 3.90. The summed E-state index contributed by atoms with van der Waals surface area (Å²) in [5, 5.41) is 0. The van der Waals surface area contributed by atoms with Crippen LogP contribution in [0.15, 0.2) is 0 Å². The summed E-state index contributed by atoms with van der Waals surface area (Å²) < 4.78 is 16.8. The Morgan fingerprint density at radius 2 is 1.44 bits per heavy atom. The second-order valence-electron chi connectivity index (χ2n) is 6.91. The second-order valence-corrected chi connectivity index (χ2v) is 6.91. The molecule has 0 amide bonds. The number of hydrogen-bond acceptors (Lipinski definition) is 3. The summed E-state index contributed by atoms with van der Waals surface area (Å²) in [7, 11) is 3.54. The maximum absolute atomic E-state index is 5.97. The van der Waals surface area contributed by atoms with Gasteiger partial charge < -0.3 is 14.2 Å². The van der Waals surface area contributed by atoms with Gasteiger partial charge in [0.2, 0.25) is 0 Å². The van der Waals surface area contributed by atoms with Crippen LogP contribution in [0.3, 0.4) is 0 Å². The first-order valence-electron chi connectivity index (χ1n) is 6.99. The molecule has 0 atom stereocenters. The number of rotatable bonds is 8. The molecule has 0 aromatic carbocycles. The van der Waals surface area contributed by atoms with E-state index in [-0.39, 0.29) is 10.8 Å². The molecule has 0 bridgehead atoms. The molecule has 0 saturated heterocycles. The van der Waals surface area contributed by atoms with Crippen molar-refractivity contribution in [2.24, 2.45) is 16.7 Å². The highest BCUT2D eigenvalue weighted by Crippen LogP contribution is 2.43. The third-order valence-electron chi connectivity index (χ3n) is 3.76. The largest absolute Gasteiger partial charge is 0.384 e. The van der Waals surface area contributed by atoms with Gasteiger partial charge >= 0.3 is 0 Å². The van der Waals surface area contributed by atoms with Gasteiger partial charge in [-0.1, -0.05) is 27.2 Å². The van der Waals surface area contributed by atoms with Gasteiger partial charge in [-0.3, -0.25) is 0 Å². The van der Waals surface area contributed by atoms with E-state index in [1.165, 1.54) is 19.3 Å². The van der Waals surface area contributed by atoms with Crippen LogP contribution in [0.5, 0.6) is 0 Å². The Hall–Kier alpha value is -0.120. The smallest absolute Gasteiger partial charge is 0.0569 e. The van der Waals surface area contributed by atoms with Gasteiger partial charge in [0.05, 0.1) is 26.4 Å². The third kappa shape index (κ3) is 4.52. The van der Waals surface area contributed by atoms with Gasteiger partial charge in [-0.2, -0.15) is 0 Å². The van der Waals surface area contributed by atoms with Crippen LogP contribution in [0.4, 0.5) is 0 Å². The molecule has 0 heterocycles. The first kappa shape index (κ1) is 15.9. The van der Waals surface area contributed by atoms with Crippen molar-refractivity contribution in [1.82, 2.24) is 0 Å². The van der Waals surface area contributed by atoms with Crippen LogP contribution in [0.2, 0.25) is 0 Å². The number of ether oxygens (including phenoxy) is 3. The maximum Gasteiger partial charge on any atom is 0.0569 e. The van der Waals surface area contributed by atoms with Crippen LogP contribution in [0.25, 0.3) is 0 Å². The van der Waals surface area contributed by atoms with E-state index in [4.69, 9.17) is 14.2 Å². The third-order valence-corrected chi connectivity index (χ3v) is 3.76. The first-order valence-corrected chi connectivity index (χ1v) is 6.99. The number of methoxy groups -OCH3 is 2. The highest BCUT2D eigenvalue weighted by Gasteiger charge is 2.42. The molecular weight excluding hydrogens is 228 g/mol. The van der Waals surface area contributed by atoms with E-state index in [0.29, 0.717) is 5.92 Å². The standard InChI is InChI=1S/C15H30O3/c1-14(2,3)9-18-12-15(10-16-4,11-17-5)13-7-6-8-13/h13H,6-12H2,1-5H3. The van der Waals surface area contributed by atoms with Crippen molar-refractivity contribution in [2.45, 2.75) is 40.0 Å². The van der Waals surface area contributed by atoms with E-state index in [9.17, 15) is 0 Å². The van der Waals surface area contributed by atoms with Gasteiger partial charge in [-0.15, -0.1) is 0 Å². The zero-order chi connectivity index (χ0) is 13.6. The van der Waals surface area contributed by atoms with E-state index in [2.05, 4.69) is 20.8 Å². The molecule has 1 fully saturated rings. The molecule has 108 valence electrons. The Bertz CT molecular complexity index is 222. The second kappa shape index (κ2) is 6.88. The van der Waals surface area contributed by atoms with Gasteiger partial charge in [0.15, 0.2) is 0 Å². The molecule has 1 aliphatic rings. The molecule has 0 aromatic heterocycles. The minimum Gasteiger partial charge on any atom is -0.384 e. The molecule has 0 aliphatic heterocycles. The Morgan fingerprint density at radius 3 is 1.78 bits per heavy atom. The molecule has 3 nitrogen and oxygen atoms in total. The average molecular weight is 258 g/mol. The van der Waals surface area contributed by atoms with Crippen LogP contribution >= 0.6 is 0 Å². The normalized spacial score (nSPS) is 17.8. The first-order chi connectivity index (χ1) is 8.43. The molecule has 1 saturated carbocycles. The lowest BCUT2D eigenvalue weighted by Crippen LogP contribution is -2.46. The van der Waals surface area contributed by atoms with E-state index >= 15 is 0 Å². The van der Waals surface area contributed by atoms with Gasteiger partial charge in [0.1, 0.15) is 0 Å². The van der Waals surface area contributed by atoms with Crippen molar-refractivity contribution >= 4 is 0 Å². The van der Waals surface area contributed by atoms with Gasteiger partial charge in [-0.25, -0.2) is 0 Å². The van der Waals surface area contributed by atoms with Crippen molar-refractivity contribution < 1.29 is 14.2 Å². The maximum atomic E-state index is 5.97. The van der Waals surface area contributed by atoms with E-state index in [0.717, 1.165) is 26.4 Å². The zero-order valence-corrected chi connectivity index (χ0v) is 12.8. The molecule has 0 aromatic rings. The van der Waals surface area contributed by atoms with Crippen molar-refractivity contribution in [3.05, 3.63) is 0 Å². The van der Waals surface area contributed by atoms with Crippen molar-refractivity contribution in [3.63, 3.8) is 0 Å². The summed E-state index contributed by atoms with van der Waals surface area (Å²) in [6, 6.07) is 0. The molecule has 0 N–H and O–H groups in total. The molecule has 0 unspecified atom stereocenters. The summed E-state index contributed by atoms with van der Waals surface area (Å²) in [5.74, 6) is 0.692. The summed E-state index contributed by atoms with van der Waals surface area (Å²) >= 11 is 0. The van der Waals surface area contributed by atoms with Crippen molar-refractivity contribution in [2.75, 3.05) is 40.6 Å². The molecule has 1 aliphatic carbocycles. The quantitative estimate of drug-likeness (QED) is 0.669. The van der Waals surface area contributed by atoms with Crippen LogP contribution in [0, 0.1) is 16.7 Å². The molecular formula is C15H30O3. The Balaban J connectivity index is 2.56. The fraction of sp³-hybridized carbons (Fsp3) is 1.00. The molecule has 1 rings (SSSR count). The predicted molar refractivity (Wildman–Crippen MR) is 73.8 cm³/mol. The van der Waals surface area contributed by atoms with E-state index in [1.54, 1.807) is 14.2 Å². The fourth-order valence-electron chi connectivity index (χ4n) is 2.63. The van der Waals surface area contributed by atoms with Crippen LogP contribution in [-0.4, -0.2) is 40.6 Å². The summed E-state index contributed by atoms with van der Waals surface area (Å²) in [5.41, 5.74) is 0.262. The number of hydrogen-bond donors (Lipinski definition) is 0. The summed E-state index contributed by atoms with van der Waals surface area (Å²) in [4.78, 5) is 0. The Kier molecular flexibility index (Phi) is 6.09. The van der Waals surface area contributed by atoms with Crippen LogP contribution in [0.1, 0.15) is 40.0 Å². The molecule has 18 heavy (non-hydrogen) atoms. The van der Waals surface area contributed by atoms with Crippen LogP contribution < -0.4 is 0 Å². The minimum absolute atomic E-state index is 0.0486. The Morgan fingerprint density at radius 1 is 0.889 bits per heavy atom. The SMILES string of the molecule is COCC(COC)(COCC(C)(C)C)C1CCC1. The van der Waals surface area contributed by atoms with Gasteiger partial charge in [0.25, 0.3) is 0 Å². The lowest BCUT2D eigenvalue weighted by Gasteiger charge is -2.44. The van der Waals surface area contributed by atoms with Crippen molar-refractivity contribution in [1.29, 1.82) is 0 Å². The minimum atomic E-state index is 0.0486. The molecule has 0 radical (unpaired) electrons. The summed E-state index contributed by atoms with van der Waals surface area (Å²) in [6.45, 7) is 9.59. The predicted octanol–water partition coefficient (Wildman–Crippen LogP) is 3.13. The van der Waals surface area contributed by atoms with Crippen molar-refractivity contribution in [3.8, 4) is 0 Å². The van der Waals surface area contributed by atoms with Crippen LogP contribution in [-0.2, 0) is 14.2 Å². The fourth-order valence-corrected chi connectivity index (χ4v) is 2.63. The highest BCUT2D eigenvalue weighted by molar-refractivity contribution is 4.91. The Labute approximate surface area is 112 Å². The highest BCUT2D eigenvalue weighted by atomic mass is 16.5. The molecule has 3 heteroatoms. The van der Waals surface area contributed by atoms with E-state index < -0.39 is 0 Å². The van der Waals surface area contributed by atoms with E-state index in [1.807, 2.05) is 0 Å². The monoisotopic (exact) mass is 258 g/mol.